The first kappa shape index (κ1) is 10.7. The molecule has 0 aromatic heterocycles. The maximum atomic E-state index is 6.57. The second-order valence-corrected chi connectivity index (χ2v) is 4.83. The Morgan fingerprint density at radius 1 is 1.12 bits per heavy atom. The zero-order valence-corrected chi connectivity index (χ0v) is 10.4. The Labute approximate surface area is 106 Å². The zero-order valence-electron chi connectivity index (χ0n) is 9.61. The van der Waals surface area contributed by atoms with Gasteiger partial charge in [0, 0.05) is 5.56 Å². The van der Waals surface area contributed by atoms with E-state index in [-0.39, 0.29) is 5.38 Å². The number of rotatable bonds is 0. The maximum absolute atomic E-state index is 6.57. The number of alkyl halides is 1. The molecule has 0 saturated carbocycles. The SMILES string of the molecule is Cc1ccc2c(c1)C(Cl)c1ccccc1CO2. The molecule has 1 atom stereocenters. The van der Waals surface area contributed by atoms with Gasteiger partial charge >= 0.3 is 0 Å². The van der Waals surface area contributed by atoms with Crippen molar-refractivity contribution in [1.82, 2.24) is 0 Å². The molecule has 0 N–H and O–H groups in total. The van der Waals surface area contributed by atoms with Crippen LogP contribution in [0.1, 0.15) is 27.6 Å². The molecule has 1 unspecified atom stereocenters. The summed E-state index contributed by atoms with van der Waals surface area (Å²) in [6.07, 6.45) is 0. The minimum Gasteiger partial charge on any atom is -0.489 e. The Morgan fingerprint density at radius 2 is 1.94 bits per heavy atom. The molecule has 1 nitrogen and oxygen atoms in total. The average Bonchev–Trinajstić information content (AvgIpc) is 2.49. The first-order valence-corrected chi connectivity index (χ1v) is 6.14. The van der Waals surface area contributed by atoms with E-state index >= 15 is 0 Å². The van der Waals surface area contributed by atoms with Crippen molar-refractivity contribution in [2.45, 2.75) is 18.9 Å². The first-order valence-electron chi connectivity index (χ1n) is 5.71. The number of hydrogen-bond acceptors (Lipinski definition) is 1. The standard InChI is InChI=1S/C15H13ClO/c1-10-6-7-14-13(8-10)15(16)12-5-3-2-4-11(12)9-17-14/h2-8,15H,9H2,1H3. The van der Waals surface area contributed by atoms with Crippen LogP contribution in [-0.2, 0) is 6.61 Å². The molecule has 2 heteroatoms. The molecule has 0 saturated heterocycles. The van der Waals surface area contributed by atoms with Crippen molar-refractivity contribution >= 4 is 11.6 Å². The summed E-state index contributed by atoms with van der Waals surface area (Å²) in [5.74, 6) is 0.895. The molecule has 17 heavy (non-hydrogen) atoms. The Kier molecular flexibility index (Phi) is 2.56. The fourth-order valence-corrected chi connectivity index (χ4v) is 2.62. The Bertz CT molecular complexity index is 563. The zero-order chi connectivity index (χ0) is 11.8. The summed E-state index contributed by atoms with van der Waals surface area (Å²) in [5.41, 5.74) is 4.59. The molecule has 1 aliphatic heterocycles. The molecule has 1 aliphatic rings. The van der Waals surface area contributed by atoms with Gasteiger partial charge in [0.1, 0.15) is 12.4 Å². The highest BCUT2D eigenvalue weighted by Gasteiger charge is 2.22. The third-order valence-electron chi connectivity index (χ3n) is 3.15. The topological polar surface area (TPSA) is 9.23 Å². The van der Waals surface area contributed by atoms with Crippen LogP contribution < -0.4 is 4.74 Å². The monoisotopic (exact) mass is 244 g/mol. The lowest BCUT2D eigenvalue weighted by Crippen LogP contribution is -1.95. The predicted octanol–water partition coefficient (Wildman–Crippen LogP) is 4.22. The van der Waals surface area contributed by atoms with E-state index in [0.717, 1.165) is 16.9 Å². The smallest absolute Gasteiger partial charge is 0.124 e. The highest BCUT2D eigenvalue weighted by Crippen LogP contribution is 2.40. The molecule has 0 aliphatic carbocycles. The Hall–Kier alpha value is -1.47. The number of halogens is 1. The fourth-order valence-electron chi connectivity index (χ4n) is 2.23. The summed E-state index contributed by atoms with van der Waals surface area (Å²) >= 11 is 6.57. The number of fused-ring (bicyclic) bond motifs is 2. The highest BCUT2D eigenvalue weighted by molar-refractivity contribution is 6.23. The van der Waals surface area contributed by atoms with Gasteiger partial charge in [0.25, 0.3) is 0 Å². The summed E-state index contributed by atoms with van der Waals surface area (Å²) in [6.45, 7) is 2.66. The number of benzene rings is 2. The van der Waals surface area contributed by atoms with Crippen LogP contribution in [0.15, 0.2) is 42.5 Å². The van der Waals surface area contributed by atoms with Gasteiger partial charge in [-0.15, -0.1) is 11.6 Å². The van der Waals surface area contributed by atoms with Gasteiger partial charge in [0.2, 0.25) is 0 Å². The van der Waals surface area contributed by atoms with Crippen LogP contribution in [0.3, 0.4) is 0 Å². The second-order valence-electron chi connectivity index (χ2n) is 4.39. The van der Waals surface area contributed by atoms with Gasteiger partial charge in [0.05, 0.1) is 5.38 Å². The van der Waals surface area contributed by atoms with Crippen LogP contribution in [0.2, 0.25) is 0 Å². The van der Waals surface area contributed by atoms with Crippen LogP contribution in [-0.4, -0.2) is 0 Å². The van der Waals surface area contributed by atoms with Crippen LogP contribution in [0.5, 0.6) is 5.75 Å². The van der Waals surface area contributed by atoms with Crippen LogP contribution in [0.4, 0.5) is 0 Å². The third kappa shape index (κ3) is 1.81. The summed E-state index contributed by atoms with van der Waals surface area (Å²) in [4.78, 5) is 0. The van der Waals surface area contributed by atoms with E-state index in [9.17, 15) is 0 Å². The Balaban J connectivity index is 2.18. The van der Waals surface area contributed by atoms with Gasteiger partial charge in [-0.3, -0.25) is 0 Å². The van der Waals surface area contributed by atoms with Crippen molar-refractivity contribution in [2.75, 3.05) is 0 Å². The number of aryl methyl sites for hydroxylation is 1. The van der Waals surface area contributed by atoms with E-state index in [1.165, 1.54) is 11.1 Å². The van der Waals surface area contributed by atoms with Crippen LogP contribution in [0, 0.1) is 6.92 Å². The van der Waals surface area contributed by atoms with Crippen LogP contribution >= 0.6 is 11.6 Å². The fraction of sp³-hybridized carbons (Fsp3) is 0.200. The first-order chi connectivity index (χ1) is 8.25. The van der Waals surface area contributed by atoms with Gasteiger partial charge in [-0.2, -0.15) is 0 Å². The van der Waals surface area contributed by atoms with Gasteiger partial charge < -0.3 is 4.74 Å². The molecule has 0 fully saturated rings. The third-order valence-corrected chi connectivity index (χ3v) is 3.62. The lowest BCUT2D eigenvalue weighted by molar-refractivity contribution is 0.307. The number of hydrogen-bond donors (Lipinski definition) is 0. The van der Waals surface area contributed by atoms with Crippen molar-refractivity contribution in [3.8, 4) is 5.75 Å². The summed E-state index contributed by atoms with van der Waals surface area (Å²) < 4.78 is 5.82. The molecule has 0 radical (unpaired) electrons. The van der Waals surface area contributed by atoms with Crippen molar-refractivity contribution in [2.24, 2.45) is 0 Å². The summed E-state index contributed by atoms with van der Waals surface area (Å²) in [5, 5.41) is -0.122. The average molecular weight is 245 g/mol. The predicted molar refractivity (Wildman–Crippen MR) is 69.6 cm³/mol. The van der Waals surface area contributed by atoms with Crippen molar-refractivity contribution in [1.29, 1.82) is 0 Å². The molecule has 0 bridgehead atoms. The quantitative estimate of drug-likeness (QED) is 0.631. The largest absolute Gasteiger partial charge is 0.489 e. The van der Waals surface area contributed by atoms with Gasteiger partial charge in [0.15, 0.2) is 0 Å². The molecule has 86 valence electrons. The molecule has 1 heterocycles. The van der Waals surface area contributed by atoms with E-state index in [1.54, 1.807) is 0 Å². The van der Waals surface area contributed by atoms with Crippen molar-refractivity contribution in [3.63, 3.8) is 0 Å². The second kappa shape index (κ2) is 4.08. The van der Waals surface area contributed by atoms with Gasteiger partial charge in [-0.1, -0.05) is 42.0 Å². The summed E-state index contributed by atoms with van der Waals surface area (Å²) in [6, 6.07) is 14.4. The Morgan fingerprint density at radius 3 is 2.82 bits per heavy atom. The molecular formula is C15H13ClO. The van der Waals surface area contributed by atoms with Gasteiger partial charge in [-0.05, 0) is 24.1 Å². The van der Waals surface area contributed by atoms with Crippen LogP contribution in [0.25, 0.3) is 0 Å². The van der Waals surface area contributed by atoms with E-state index in [2.05, 4.69) is 31.2 Å². The molecule has 0 spiro atoms. The number of ether oxygens (including phenoxy) is 1. The highest BCUT2D eigenvalue weighted by atomic mass is 35.5. The molecule has 2 aromatic rings. The molecular weight excluding hydrogens is 232 g/mol. The van der Waals surface area contributed by atoms with Crippen molar-refractivity contribution < 1.29 is 4.74 Å². The van der Waals surface area contributed by atoms with Gasteiger partial charge in [-0.25, -0.2) is 0 Å². The normalized spacial score (nSPS) is 17.6. The molecule has 3 rings (SSSR count). The lowest BCUT2D eigenvalue weighted by Gasteiger charge is -2.12. The van der Waals surface area contributed by atoms with E-state index in [4.69, 9.17) is 16.3 Å². The van der Waals surface area contributed by atoms with E-state index in [1.807, 2.05) is 18.2 Å². The minimum absolute atomic E-state index is 0.122. The van der Waals surface area contributed by atoms with E-state index in [0.29, 0.717) is 6.61 Å². The molecule has 0 amide bonds. The lowest BCUT2D eigenvalue weighted by atomic mass is 9.99. The van der Waals surface area contributed by atoms with Crippen molar-refractivity contribution in [3.05, 3.63) is 64.7 Å². The molecule has 2 aromatic carbocycles. The minimum atomic E-state index is -0.122. The van der Waals surface area contributed by atoms with E-state index < -0.39 is 0 Å². The maximum Gasteiger partial charge on any atom is 0.124 e. The summed E-state index contributed by atoms with van der Waals surface area (Å²) in [7, 11) is 0.